The van der Waals surface area contributed by atoms with Gasteiger partial charge in [0.1, 0.15) is 0 Å². The first-order chi connectivity index (χ1) is 8.38. The Labute approximate surface area is 104 Å². The van der Waals surface area contributed by atoms with Gasteiger partial charge in [-0.2, -0.15) is 0 Å². The number of hydrogen-bond donors (Lipinski definition) is 1. The summed E-state index contributed by atoms with van der Waals surface area (Å²) < 4.78 is 0. The summed E-state index contributed by atoms with van der Waals surface area (Å²) in [5, 5.41) is 3.35. The number of nitrogens with one attached hydrogen (secondary N) is 1. The maximum absolute atomic E-state index is 3.35. The summed E-state index contributed by atoms with van der Waals surface area (Å²) in [6.45, 7) is 7.47. The standard InChI is InChI=1S/C15H20N2/c1-2-14-5-7-15(8-6-14)4-3-11-17-12-9-16-10-13-17/h5-8,16H,2,9-13H2,1H3. The lowest BCUT2D eigenvalue weighted by atomic mass is 10.1. The van der Waals surface area contributed by atoms with E-state index in [9.17, 15) is 0 Å². The Hall–Kier alpha value is -1.30. The van der Waals surface area contributed by atoms with E-state index in [1.165, 1.54) is 5.56 Å². The first-order valence-electron chi connectivity index (χ1n) is 6.39. The van der Waals surface area contributed by atoms with Crippen molar-refractivity contribution < 1.29 is 0 Å². The van der Waals surface area contributed by atoms with Gasteiger partial charge in [0.25, 0.3) is 0 Å². The van der Waals surface area contributed by atoms with Crippen LogP contribution < -0.4 is 5.32 Å². The average molecular weight is 228 g/mol. The molecule has 1 N–H and O–H groups in total. The van der Waals surface area contributed by atoms with E-state index in [0.717, 1.165) is 44.7 Å². The molecule has 0 radical (unpaired) electrons. The van der Waals surface area contributed by atoms with Crippen LogP contribution >= 0.6 is 0 Å². The molecule has 1 saturated heterocycles. The molecule has 2 rings (SSSR count). The molecule has 0 unspecified atom stereocenters. The highest BCUT2D eigenvalue weighted by atomic mass is 15.2. The van der Waals surface area contributed by atoms with E-state index in [2.05, 4.69) is 53.2 Å². The number of rotatable bonds is 2. The normalized spacial score (nSPS) is 16.3. The van der Waals surface area contributed by atoms with Crippen molar-refractivity contribution in [2.45, 2.75) is 13.3 Å². The number of piperazine rings is 1. The third-order valence-electron chi connectivity index (χ3n) is 3.11. The second-order valence-corrected chi connectivity index (χ2v) is 4.38. The summed E-state index contributed by atoms with van der Waals surface area (Å²) >= 11 is 0. The van der Waals surface area contributed by atoms with Crippen molar-refractivity contribution >= 4 is 0 Å². The second kappa shape index (κ2) is 6.44. The Morgan fingerprint density at radius 3 is 2.53 bits per heavy atom. The molecule has 0 spiro atoms. The van der Waals surface area contributed by atoms with E-state index in [1.54, 1.807) is 0 Å². The minimum Gasteiger partial charge on any atom is -0.314 e. The molecule has 0 aliphatic carbocycles. The average Bonchev–Trinajstić information content (AvgIpc) is 2.41. The molecule has 0 bridgehead atoms. The summed E-state index contributed by atoms with van der Waals surface area (Å²) in [4.78, 5) is 2.39. The minimum atomic E-state index is 0.886. The summed E-state index contributed by atoms with van der Waals surface area (Å²) in [7, 11) is 0. The van der Waals surface area contributed by atoms with Gasteiger partial charge in [-0.15, -0.1) is 0 Å². The topological polar surface area (TPSA) is 15.3 Å². The number of nitrogens with zero attached hydrogens (tertiary/aromatic N) is 1. The van der Waals surface area contributed by atoms with Crippen molar-refractivity contribution in [3.8, 4) is 11.8 Å². The number of aryl methyl sites for hydroxylation is 1. The molecular formula is C15H20N2. The van der Waals surface area contributed by atoms with Crippen LogP contribution in [0.25, 0.3) is 0 Å². The molecular weight excluding hydrogens is 208 g/mol. The van der Waals surface area contributed by atoms with Gasteiger partial charge in [-0.05, 0) is 24.1 Å². The number of hydrogen-bond acceptors (Lipinski definition) is 2. The van der Waals surface area contributed by atoms with Gasteiger partial charge in [0.2, 0.25) is 0 Å². The molecule has 2 heteroatoms. The van der Waals surface area contributed by atoms with E-state index in [1.807, 2.05) is 0 Å². The van der Waals surface area contributed by atoms with Gasteiger partial charge in [0.15, 0.2) is 0 Å². The van der Waals surface area contributed by atoms with Gasteiger partial charge >= 0.3 is 0 Å². The van der Waals surface area contributed by atoms with Crippen molar-refractivity contribution in [3.63, 3.8) is 0 Å². The van der Waals surface area contributed by atoms with Crippen molar-refractivity contribution in [1.29, 1.82) is 0 Å². The minimum absolute atomic E-state index is 0.886. The first-order valence-corrected chi connectivity index (χ1v) is 6.39. The molecule has 1 aliphatic rings. The van der Waals surface area contributed by atoms with Crippen LogP contribution in [-0.4, -0.2) is 37.6 Å². The van der Waals surface area contributed by atoms with Crippen LogP contribution in [0, 0.1) is 11.8 Å². The largest absolute Gasteiger partial charge is 0.314 e. The zero-order chi connectivity index (χ0) is 11.9. The van der Waals surface area contributed by atoms with Crippen molar-refractivity contribution in [1.82, 2.24) is 10.2 Å². The fraction of sp³-hybridized carbons (Fsp3) is 0.467. The van der Waals surface area contributed by atoms with Crippen LogP contribution in [0.2, 0.25) is 0 Å². The van der Waals surface area contributed by atoms with Crippen LogP contribution in [-0.2, 0) is 6.42 Å². The zero-order valence-corrected chi connectivity index (χ0v) is 10.5. The molecule has 17 heavy (non-hydrogen) atoms. The van der Waals surface area contributed by atoms with E-state index in [4.69, 9.17) is 0 Å². The summed E-state index contributed by atoms with van der Waals surface area (Å²) in [6, 6.07) is 8.55. The van der Waals surface area contributed by atoms with Gasteiger partial charge < -0.3 is 5.32 Å². The van der Waals surface area contributed by atoms with Gasteiger partial charge in [-0.25, -0.2) is 0 Å². The van der Waals surface area contributed by atoms with Crippen molar-refractivity contribution in [2.75, 3.05) is 32.7 Å². The number of benzene rings is 1. The quantitative estimate of drug-likeness (QED) is 0.772. The molecule has 0 aromatic heterocycles. The van der Waals surface area contributed by atoms with Crippen LogP contribution in [0.4, 0.5) is 0 Å². The molecule has 1 fully saturated rings. The Balaban J connectivity index is 1.86. The van der Waals surface area contributed by atoms with Gasteiger partial charge in [-0.1, -0.05) is 30.9 Å². The second-order valence-electron chi connectivity index (χ2n) is 4.38. The lowest BCUT2D eigenvalue weighted by Gasteiger charge is -2.24. The van der Waals surface area contributed by atoms with E-state index in [-0.39, 0.29) is 0 Å². The molecule has 0 amide bonds. The van der Waals surface area contributed by atoms with Crippen molar-refractivity contribution in [2.24, 2.45) is 0 Å². The first kappa shape index (κ1) is 12.2. The third kappa shape index (κ3) is 3.89. The molecule has 1 aromatic carbocycles. The van der Waals surface area contributed by atoms with E-state index in [0.29, 0.717) is 0 Å². The van der Waals surface area contributed by atoms with E-state index < -0.39 is 0 Å². The molecule has 2 nitrogen and oxygen atoms in total. The van der Waals surface area contributed by atoms with Gasteiger partial charge in [-0.3, -0.25) is 4.90 Å². The predicted octanol–water partition coefficient (Wildman–Crippen LogP) is 1.51. The molecule has 1 aromatic rings. The fourth-order valence-corrected chi connectivity index (χ4v) is 1.95. The zero-order valence-electron chi connectivity index (χ0n) is 10.5. The summed E-state index contributed by atoms with van der Waals surface area (Å²) in [6.07, 6.45) is 1.09. The smallest absolute Gasteiger partial charge is 0.0606 e. The maximum atomic E-state index is 3.35. The Morgan fingerprint density at radius 1 is 1.18 bits per heavy atom. The monoisotopic (exact) mass is 228 g/mol. The predicted molar refractivity (Wildman–Crippen MR) is 72.0 cm³/mol. The third-order valence-corrected chi connectivity index (χ3v) is 3.11. The SMILES string of the molecule is CCc1ccc(C#CCN2CCNCC2)cc1. The summed E-state index contributed by atoms with van der Waals surface area (Å²) in [5.41, 5.74) is 2.50. The van der Waals surface area contributed by atoms with Crippen molar-refractivity contribution in [3.05, 3.63) is 35.4 Å². The Bertz CT molecular complexity index is 391. The molecule has 90 valence electrons. The molecule has 1 heterocycles. The Kier molecular flexibility index (Phi) is 4.61. The highest BCUT2D eigenvalue weighted by Gasteiger charge is 2.06. The molecule has 0 saturated carbocycles. The molecule has 1 aliphatic heterocycles. The molecule has 0 atom stereocenters. The van der Waals surface area contributed by atoms with Crippen LogP contribution in [0.1, 0.15) is 18.1 Å². The highest BCUT2D eigenvalue weighted by molar-refractivity contribution is 5.36. The van der Waals surface area contributed by atoms with Crippen LogP contribution in [0.5, 0.6) is 0 Å². The van der Waals surface area contributed by atoms with E-state index >= 15 is 0 Å². The lowest BCUT2D eigenvalue weighted by molar-refractivity contribution is 0.268. The lowest BCUT2D eigenvalue weighted by Crippen LogP contribution is -2.43. The van der Waals surface area contributed by atoms with Gasteiger partial charge in [0.05, 0.1) is 6.54 Å². The maximum Gasteiger partial charge on any atom is 0.0606 e. The highest BCUT2D eigenvalue weighted by Crippen LogP contribution is 2.03. The van der Waals surface area contributed by atoms with Crippen LogP contribution in [0.15, 0.2) is 24.3 Å². The fourth-order valence-electron chi connectivity index (χ4n) is 1.95. The van der Waals surface area contributed by atoms with Gasteiger partial charge in [0, 0.05) is 31.7 Å². The summed E-state index contributed by atoms with van der Waals surface area (Å²) in [5.74, 6) is 6.49. The Morgan fingerprint density at radius 2 is 1.88 bits per heavy atom. The van der Waals surface area contributed by atoms with Crippen LogP contribution in [0.3, 0.4) is 0 Å².